The van der Waals surface area contributed by atoms with Gasteiger partial charge < -0.3 is 9.26 Å². The molecule has 3 aromatic rings. The Balaban J connectivity index is 1.72. The van der Waals surface area contributed by atoms with Crippen molar-refractivity contribution in [2.24, 2.45) is 0 Å². The minimum Gasteiger partial charge on any atom is -0.452 e. The maximum Gasteiger partial charge on any atom is 0.341 e. The molecule has 0 atom stereocenters. The minimum absolute atomic E-state index is 0.0655. The molecule has 0 spiro atoms. The molecule has 0 fully saturated rings. The van der Waals surface area contributed by atoms with Crippen molar-refractivity contribution in [3.63, 3.8) is 0 Å². The second kappa shape index (κ2) is 7.06. The van der Waals surface area contributed by atoms with Crippen LogP contribution in [0.15, 0.2) is 63.1 Å². The lowest BCUT2D eigenvalue weighted by Gasteiger charge is -2.07. The van der Waals surface area contributed by atoms with E-state index in [2.05, 4.69) is 15.1 Å². The molecule has 0 unspecified atom stereocenters. The second-order valence-electron chi connectivity index (χ2n) is 4.58. The first-order chi connectivity index (χ1) is 11.2. The topological polar surface area (TPSA) is 78.1 Å². The maximum absolute atomic E-state index is 12.3. The Morgan fingerprint density at radius 3 is 2.78 bits per heavy atom. The van der Waals surface area contributed by atoms with E-state index in [0.717, 1.165) is 4.90 Å². The number of nitrogens with zero attached hydrogens (tertiary/aromatic N) is 3. The van der Waals surface area contributed by atoms with Crippen LogP contribution in [0.5, 0.6) is 0 Å². The summed E-state index contributed by atoms with van der Waals surface area (Å²) in [4.78, 5) is 21.5. The van der Waals surface area contributed by atoms with E-state index in [1.54, 1.807) is 25.3 Å². The molecule has 2 aromatic heterocycles. The highest BCUT2D eigenvalue weighted by atomic mass is 32.2. The summed E-state index contributed by atoms with van der Waals surface area (Å²) in [7, 11) is 0. The normalized spacial score (nSPS) is 10.5. The van der Waals surface area contributed by atoms with Gasteiger partial charge in [0.25, 0.3) is 5.89 Å². The Hall–Kier alpha value is -2.67. The standard InChI is InChI=1S/C16H13N3O3S/c1-11-18-14(22-19-11)10-21-16(20)13-8-5-9-17-15(13)23-12-6-3-2-4-7-12/h2-9H,10H2,1H3. The Morgan fingerprint density at radius 1 is 1.22 bits per heavy atom. The van der Waals surface area contributed by atoms with Crippen LogP contribution in [-0.4, -0.2) is 21.1 Å². The summed E-state index contributed by atoms with van der Waals surface area (Å²) in [5.74, 6) is 0.280. The zero-order chi connectivity index (χ0) is 16.1. The molecule has 0 aliphatic heterocycles. The molecule has 0 saturated heterocycles. The highest BCUT2D eigenvalue weighted by molar-refractivity contribution is 7.99. The van der Waals surface area contributed by atoms with Crippen molar-refractivity contribution in [1.82, 2.24) is 15.1 Å². The summed E-state index contributed by atoms with van der Waals surface area (Å²) >= 11 is 1.40. The summed E-state index contributed by atoms with van der Waals surface area (Å²) in [6.07, 6.45) is 1.64. The largest absolute Gasteiger partial charge is 0.452 e. The van der Waals surface area contributed by atoms with E-state index in [9.17, 15) is 4.79 Å². The highest BCUT2D eigenvalue weighted by Crippen LogP contribution is 2.28. The van der Waals surface area contributed by atoms with Crippen LogP contribution < -0.4 is 0 Å². The molecule has 7 heteroatoms. The zero-order valence-electron chi connectivity index (χ0n) is 12.3. The molecule has 6 nitrogen and oxygen atoms in total. The average molecular weight is 327 g/mol. The van der Waals surface area contributed by atoms with Crippen LogP contribution in [0.25, 0.3) is 0 Å². The third kappa shape index (κ3) is 3.95. The predicted molar refractivity (Wildman–Crippen MR) is 83.0 cm³/mol. The van der Waals surface area contributed by atoms with E-state index in [-0.39, 0.29) is 12.5 Å². The van der Waals surface area contributed by atoms with E-state index in [1.807, 2.05) is 30.3 Å². The van der Waals surface area contributed by atoms with Gasteiger partial charge in [-0.05, 0) is 31.2 Å². The molecule has 2 heterocycles. The van der Waals surface area contributed by atoms with Gasteiger partial charge in [-0.2, -0.15) is 4.98 Å². The fraction of sp³-hybridized carbons (Fsp3) is 0.125. The summed E-state index contributed by atoms with van der Waals surface area (Å²) in [5, 5.41) is 4.24. The van der Waals surface area contributed by atoms with Gasteiger partial charge in [-0.25, -0.2) is 9.78 Å². The summed E-state index contributed by atoms with van der Waals surface area (Å²) < 4.78 is 10.1. The highest BCUT2D eigenvalue weighted by Gasteiger charge is 2.16. The first kappa shape index (κ1) is 15.2. The van der Waals surface area contributed by atoms with E-state index in [4.69, 9.17) is 9.26 Å². The zero-order valence-corrected chi connectivity index (χ0v) is 13.1. The minimum atomic E-state index is -0.479. The lowest BCUT2D eigenvalue weighted by Crippen LogP contribution is -2.07. The molecule has 3 rings (SSSR count). The molecule has 116 valence electrons. The molecular weight excluding hydrogens is 314 g/mol. The Morgan fingerprint density at radius 2 is 2.04 bits per heavy atom. The number of carbonyl (C=O) groups is 1. The molecule has 0 aliphatic carbocycles. The van der Waals surface area contributed by atoms with Gasteiger partial charge in [-0.1, -0.05) is 35.1 Å². The number of ether oxygens (including phenoxy) is 1. The Kier molecular flexibility index (Phi) is 4.68. The molecule has 0 aliphatic rings. The Labute approximate surface area is 136 Å². The number of esters is 1. The summed E-state index contributed by atoms with van der Waals surface area (Å²) in [6, 6.07) is 13.1. The average Bonchev–Trinajstić information content (AvgIpc) is 3.00. The second-order valence-corrected chi connectivity index (χ2v) is 5.64. The molecule has 0 amide bonds. The van der Waals surface area contributed by atoms with Gasteiger partial charge in [-0.15, -0.1) is 0 Å². The molecule has 0 radical (unpaired) electrons. The molecule has 23 heavy (non-hydrogen) atoms. The predicted octanol–water partition coefficient (Wildman–Crippen LogP) is 3.28. The van der Waals surface area contributed by atoms with Crippen LogP contribution in [0.3, 0.4) is 0 Å². The third-order valence-corrected chi connectivity index (χ3v) is 3.87. The summed E-state index contributed by atoms with van der Waals surface area (Å²) in [5.41, 5.74) is 0.401. The van der Waals surface area contributed by atoms with Crippen LogP contribution in [0.2, 0.25) is 0 Å². The van der Waals surface area contributed by atoms with Crippen LogP contribution >= 0.6 is 11.8 Å². The number of aryl methyl sites for hydroxylation is 1. The van der Waals surface area contributed by atoms with Gasteiger partial charge in [0.05, 0.1) is 5.56 Å². The van der Waals surface area contributed by atoms with Crippen molar-refractivity contribution in [2.75, 3.05) is 0 Å². The van der Waals surface area contributed by atoms with Crippen LogP contribution in [0, 0.1) is 6.92 Å². The van der Waals surface area contributed by atoms with Gasteiger partial charge >= 0.3 is 5.97 Å². The van der Waals surface area contributed by atoms with E-state index < -0.39 is 5.97 Å². The van der Waals surface area contributed by atoms with Gasteiger partial charge in [0.15, 0.2) is 12.4 Å². The number of aromatic nitrogens is 3. The van der Waals surface area contributed by atoms with Crippen molar-refractivity contribution < 1.29 is 14.1 Å². The summed E-state index contributed by atoms with van der Waals surface area (Å²) in [6.45, 7) is 1.63. The first-order valence-electron chi connectivity index (χ1n) is 6.86. The fourth-order valence-electron chi connectivity index (χ4n) is 1.83. The molecular formula is C16H13N3O3S. The van der Waals surface area contributed by atoms with Crippen molar-refractivity contribution >= 4 is 17.7 Å². The quantitative estimate of drug-likeness (QED) is 0.665. The van der Waals surface area contributed by atoms with Gasteiger partial charge in [0.2, 0.25) is 0 Å². The molecule has 1 aromatic carbocycles. The smallest absolute Gasteiger partial charge is 0.341 e. The number of pyridine rings is 1. The van der Waals surface area contributed by atoms with E-state index >= 15 is 0 Å². The number of rotatable bonds is 5. The number of carbonyl (C=O) groups excluding carboxylic acids is 1. The lowest BCUT2D eigenvalue weighted by molar-refractivity contribution is 0.0424. The van der Waals surface area contributed by atoms with Crippen LogP contribution in [0.4, 0.5) is 0 Å². The third-order valence-electron chi connectivity index (χ3n) is 2.85. The molecule has 0 N–H and O–H groups in total. The van der Waals surface area contributed by atoms with Crippen molar-refractivity contribution in [3.05, 3.63) is 65.9 Å². The van der Waals surface area contributed by atoms with Crippen LogP contribution in [0.1, 0.15) is 22.1 Å². The molecule has 0 bridgehead atoms. The van der Waals surface area contributed by atoms with Crippen molar-refractivity contribution in [1.29, 1.82) is 0 Å². The number of hydrogen-bond donors (Lipinski definition) is 0. The van der Waals surface area contributed by atoms with Crippen molar-refractivity contribution in [3.8, 4) is 0 Å². The van der Waals surface area contributed by atoms with Crippen LogP contribution in [-0.2, 0) is 11.3 Å². The molecule has 0 saturated carbocycles. The SMILES string of the molecule is Cc1noc(COC(=O)c2cccnc2Sc2ccccc2)n1. The fourth-order valence-corrected chi connectivity index (χ4v) is 2.72. The lowest BCUT2D eigenvalue weighted by atomic mass is 10.3. The Bertz CT molecular complexity index is 805. The van der Waals surface area contributed by atoms with Gasteiger partial charge in [0, 0.05) is 11.1 Å². The van der Waals surface area contributed by atoms with Gasteiger partial charge in [0.1, 0.15) is 5.03 Å². The van der Waals surface area contributed by atoms with E-state index in [1.165, 1.54) is 11.8 Å². The number of benzene rings is 1. The van der Waals surface area contributed by atoms with Gasteiger partial charge in [-0.3, -0.25) is 0 Å². The number of hydrogen-bond acceptors (Lipinski definition) is 7. The first-order valence-corrected chi connectivity index (χ1v) is 7.68. The van der Waals surface area contributed by atoms with Crippen molar-refractivity contribution in [2.45, 2.75) is 23.5 Å². The van der Waals surface area contributed by atoms with E-state index in [0.29, 0.717) is 16.4 Å². The monoisotopic (exact) mass is 327 g/mol. The maximum atomic E-state index is 12.3.